The van der Waals surface area contributed by atoms with Crippen molar-refractivity contribution in [3.8, 4) is 0 Å². The summed E-state index contributed by atoms with van der Waals surface area (Å²) in [5.41, 5.74) is 6.87. The van der Waals surface area contributed by atoms with E-state index in [1.807, 2.05) is 30.1 Å². The standard InChI is InChI=1S/C12H12Br2N4/c1-18(7-8-4-2-3-5-9(8)13)12-16-10(14)6-11(15)17-12/h2-6H,7H2,1H3,(H2,15,16,17). The lowest BCUT2D eigenvalue weighted by atomic mass is 10.2. The van der Waals surface area contributed by atoms with Gasteiger partial charge in [0, 0.05) is 24.1 Å². The average Bonchev–Trinajstić information content (AvgIpc) is 2.31. The summed E-state index contributed by atoms with van der Waals surface area (Å²) < 4.78 is 1.75. The van der Waals surface area contributed by atoms with E-state index in [9.17, 15) is 0 Å². The van der Waals surface area contributed by atoms with Gasteiger partial charge in [0.1, 0.15) is 10.4 Å². The maximum absolute atomic E-state index is 5.70. The van der Waals surface area contributed by atoms with E-state index in [4.69, 9.17) is 5.73 Å². The van der Waals surface area contributed by atoms with Crippen LogP contribution in [0, 0.1) is 0 Å². The lowest BCUT2D eigenvalue weighted by Crippen LogP contribution is -2.20. The molecule has 0 saturated heterocycles. The number of anilines is 2. The highest BCUT2D eigenvalue weighted by Gasteiger charge is 2.09. The molecule has 4 nitrogen and oxygen atoms in total. The van der Waals surface area contributed by atoms with E-state index in [2.05, 4.69) is 47.9 Å². The van der Waals surface area contributed by atoms with Crippen LogP contribution in [0.4, 0.5) is 11.8 Å². The van der Waals surface area contributed by atoms with Gasteiger partial charge in [-0.1, -0.05) is 34.1 Å². The fourth-order valence-electron chi connectivity index (χ4n) is 1.55. The number of nitrogen functional groups attached to an aromatic ring is 1. The highest BCUT2D eigenvalue weighted by molar-refractivity contribution is 9.10. The van der Waals surface area contributed by atoms with Crippen molar-refractivity contribution in [2.45, 2.75) is 6.54 Å². The van der Waals surface area contributed by atoms with Crippen LogP contribution in [0.15, 0.2) is 39.4 Å². The molecule has 0 atom stereocenters. The number of nitrogens with two attached hydrogens (primary N) is 1. The number of aromatic nitrogens is 2. The summed E-state index contributed by atoms with van der Waals surface area (Å²) in [6, 6.07) is 9.74. The molecular formula is C12H12Br2N4. The third-order valence-electron chi connectivity index (χ3n) is 2.41. The first kappa shape index (κ1) is 13.3. The Balaban J connectivity index is 2.22. The quantitative estimate of drug-likeness (QED) is 0.841. The zero-order chi connectivity index (χ0) is 13.1. The fourth-order valence-corrected chi connectivity index (χ4v) is 2.35. The highest BCUT2D eigenvalue weighted by Crippen LogP contribution is 2.20. The summed E-state index contributed by atoms with van der Waals surface area (Å²) in [6.45, 7) is 0.706. The predicted molar refractivity (Wildman–Crippen MR) is 80.4 cm³/mol. The highest BCUT2D eigenvalue weighted by atomic mass is 79.9. The average molecular weight is 372 g/mol. The Morgan fingerprint density at radius 1 is 1.22 bits per heavy atom. The van der Waals surface area contributed by atoms with Gasteiger partial charge in [-0.25, -0.2) is 4.98 Å². The third kappa shape index (κ3) is 3.20. The number of rotatable bonds is 3. The number of nitrogens with zero attached hydrogens (tertiary/aromatic N) is 3. The van der Waals surface area contributed by atoms with Gasteiger partial charge in [0.15, 0.2) is 0 Å². The Hall–Kier alpha value is -1.14. The first-order valence-corrected chi connectivity index (χ1v) is 6.89. The van der Waals surface area contributed by atoms with Crippen LogP contribution in [0.5, 0.6) is 0 Å². The molecule has 1 aromatic carbocycles. The van der Waals surface area contributed by atoms with Crippen molar-refractivity contribution in [3.63, 3.8) is 0 Å². The van der Waals surface area contributed by atoms with Gasteiger partial charge in [-0.3, -0.25) is 0 Å². The summed E-state index contributed by atoms with van der Waals surface area (Å²) in [7, 11) is 1.93. The largest absolute Gasteiger partial charge is 0.383 e. The summed E-state index contributed by atoms with van der Waals surface area (Å²) >= 11 is 6.84. The molecule has 94 valence electrons. The van der Waals surface area contributed by atoms with Crippen LogP contribution in [-0.4, -0.2) is 17.0 Å². The molecule has 0 bridgehead atoms. The number of halogens is 2. The molecule has 6 heteroatoms. The molecule has 2 rings (SSSR count). The van der Waals surface area contributed by atoms with E-state index in [1.165, 1.54) is 5.56 Å². The number of hydrogen-bond acceptors (Lipinski definition) is 4. The molecule has 0 fully saturated rings. The minimum Gasteiger partial charge on any atom is -0.383 e. The van der Waals surface area contributed by atoms with E-state index in [1.54, 1.807) is 6.07 Å². The summed E-state index contributed by atoms with van der Waals surface area (Å²) in [6.07, 6.45) is 0. The molecule has 0 saturated carbocycles. The van der Waals surface area contributed by atoms with E-state index >= 15 is 0 Å². The zero-order valence-corrected chi connectivity index (χ0v) is 12.9. The van der Waals surface area contributed by atoms with E-state index in [-0.39, 0.29) is 0 Å². The molecule has 0 aliphatic carbocycles. The van der Waals surface area contributed by atoms with E-state index in [0.717, 1.165) is 4.47 Å². The van der Waals surface area contributed by atoms with Gasteiger partial charge in [-0.05, 0) is 27.6 Å². The van der Waals surface area contributed by atoms with Crippen molar-refractivity contribution >= 4 is 43.6 Å². The van der Waals surface area contributed by atoms with Crippen LogP contribution in [-0.2, 0) is 6.54 Å². The second kappa shape index (κ2) is 5.67. The lowest BCUT2D eigenvalue weighted by Gasteiger charge is -2.18. The van der Waals surface area contributed by atoms with E-state index < -0.39 is 0 Å². The van der Waals surface area contributed by atoms with Crippen molar-refractivity contribution in [1.29, 1.82) is 0 Å². The van der Waals surface area contributed by atoms with Crippen LogP contribution >= 0.6 is 31.9 Å². The van der Waals surface area contributed by atoms with Crippen LogP contribution < -0.4 is 10.6 Å². The first-order valence-electron chi connectivity index (χ1n) is 5.31. The molecule has 1 aromatic heterocycles. The maximum Gasteiger partial charge on any atom is 0.228 e. The predicted octanol–water partition coefficient (Wildman–Crippen LogP) is 3.22. The van der Waals surface area contributed by atoms with Gasteiger partial charge >= 0.3 is 0 Å². The normalized spacial score (nSPS) is 10.4. The molecule has 2 N–H and O–H groups in total. The van der Waals surface area contributed by atoms with Crippen LogP contribution in [0.1, 0.15) is 5.56 Å². The number of hydrogen-bond donors (Lipinski definition) is 1. The second-order valence-corrected chi connectivity index (χ2v) is 5.53. The molecule has 0 aliphatic heterocycles. The molecule has 0 aliphatic rings. The van der Waals surface area contributed by atoms with Crippen molar-refractivity contribution in [2.24, 2.45) is 0 Å². The Kier molecular flexibility index (Phi) is 4.19. The van der Waals surface area contributed by atoms with Crippen molar-refractivity contribution < 1.29 is 0 Å². The Bertz CT molecular complexity index is 539. The smallest absolute Gasteiger partial charge is 0.228 e. The zero-order valence-electron chi connectivity index (χ0n) is 9.77. The van der Waals surface area contributed by atoms with E-state index in [0.29, 0.717) is 22.9 Å². The minimum absolute atomic E-state index is 0.450. The van der Waals surface area contributed by atoms with Gasteiger partial charge in [-0.2, -0.15) is 4.98 Å². The summed E-state index contributed by atoms with van der Waals surface area (Å²) in [4.78, 5) is 10.4. The maximum atomic E-state index is 5.70. The molecule has 0 radical (unpaired) electrons. The third-order valence-corrected chi connectivity index (χ3v) is 3.59. The molecule has 0 spiro atoms. The Labute approximate surface area is 122 Å². The van der Waals surface area contributed by atoms with Crippen molar-refractivity contribution in [3.05, 3.63) is 45.0 Å². The molecule has 0 amide bonds. The molecule has 18 heavy (non-hydrogen) atoms. The monoisotopic (exact) mass is 370 g/mol. The van der Waals surface area contributed by atoms with Crippen LogP contribution in [0.2, 0.25) is 0 Å². The summed E-state index contributed by atoms with van der Waals surface area (Å²) in [5.74, 6) is 1.04. The second-order valence-electron chi connectivity index (χ2n) is 3.86. The molecule has 2 aromatic rings. The minimum atomic E-state index is 0.450. The van der Waals surface area contributed by atoms with Gasteiger partial charge in [0.05, 0.1) is 0 Å². The number of benzene rings is 1. The first-order chi connectivity index (χ1) is 8.56. The summed E-state index contributed by atoms with van der Waals surface area (Å²) in [5, 5.41) is 0. The Morgan fingerprint density at radius 2 is 1.94 bits per heavy atom. The van der Waals surface area contributed by atoms with Gasteiger partial charge in [-0.15, -0.1) is 0 Å². The van der Waals surface area contributed by atoms with Crippen molar-refractivity contribution in [2.75, 3.05) is 17.7 Å². The van der Waals surface area contributed by atoms with Crippen LogP contribution in [0.3, 0.4) is 0 Å². The van der Waals surface area contributed by atoms with Gasteiger partial charge in [0.25, 0.3) is 0 Å². The van der Waals surface area contributed by atoms with Gasteiger partial charge < -0.3 is 10.6 Å². The fraction of sp³-hybridized carbons (Fsp3) is 0.167. The van der Waals surface area contributed by atoms with Crippen molar-refractivity contribution in [1.82, 2.24) is 9.97 Å². The molecular weight excluding hydrogens is 360 g/mol. The molecule has 0 unspecified atom stereocenters. The van der Waals surface area contributed by atoms with Crippen LogP contribution in [0.25, 0.3) is 0 Å². The lowest BCUT2D eigenvalue weighted by molar-refractivity contribution is 0.862. The van der Waals surface area contributed by atoms with Gasteiger partial charge in [0.2, 0.25) is 5.95 Å². The molecule has 1 heterocycles. The Morgan fingerprint density at radius 3 is 2.61 bits per heavy atom. The SMILES string of the molecule is CN(Cc1ccccc1Br)c1nc(N)cc(Br)n1. The topological polar surface area (TPSA) is 55.0 Å².